The van der Waals surface area contributed by atoms with E-state index in [1.165, 1.54) is 12.8 Å². The first kappa shape index (κ1) is 13.2. The number of fused-ring (bicyclic) bond motifs is 1. The van der Waals surface area contributed by atoms with Crippen LogP contribution < -0.4 is 14.8 Å². The molecule has 1 saturated carbocycles. The van der Waals surface area contributed by atoms with Crippen molar-refractivity contribution in [3.05, 3.63) is 23.8 Å². The molecule has 0 spiro atoms. The first-order valence-corrected chi connectivity index (χ1v) is 7.12. The van der Waals surface area contributed by atoms with Gasteiger partial charge in [-0.2, -0.15) is 0 Å². The van der Waals surface area contributed by atoms with Crippen LogP contribution >= 0.6 is 0 Å². The van der Waals surface area contributed by atoms with E-state index < -0.39 is 12.0 Å². The number of hydrogen-bond acceptors (Lipinski definition) is 4. The highest BCUT2D eigenvalue weighted by Crippen LogP contribution is 2.33. The van der Waals surface area contributed by atoms with E-state index in [9.17, 15) is 9.90 Å². The Kier molecular flexibility index (Phi) is 3.78. The molecule has 0 aromatic heterocycles. The van der Waals surface area contributed by atoms with Gasteiger partial charge in [-0.1, -0.05) is 18.9 Å². The molecule has 108 valence electrons. The summed E-state index contributed by atoms with van der Waals surface area (Å²) in [6.07, 6.45) is 4.44. The van der Waals surface area contributed by atoms with Gasteiger partial charge in [0.25, 0.3) is 0 Å². The quantitative estimate of drug-likeness (QED) is 0.882. The van der Waals surface area contributed by atoms with Crippen molar-refractivity contribution < 1.29 is 19.4 Å². The Balaban J connectivity index is 1.81. The van der Waals surface area contributed by atoms with Gasteiger partial charge in [-0.3, -0.25) is 10.1 Å². The van der Waals surface area contributed by atoms with Gasteiger partial charge in [-0.05, 0) is 30.5 Å². The van der Waals surface area contributed by atoms with Gasteiger partial charge < -0.3 is 14.6 Å². The number of carboxylic acid groups (broad SMARTS) is 1. The second-order valence-corrected chi connectivity index (χ2v) is 5.32. The minimum absolute atomic E-state index is 0.296. The minimum atomic E-state index is -0.853. The minimum Gasteiger partial charge on any atom is -0.486 e. The molecule has 2 aliphatic rings. The Morgan fingerprint density at radius 2 is 1.90 bits per heavy atom. The molecule has 1 atom stereocenters. The fraction of sp³-hybridized carbons (Fsp3) is 0.533. The molecule has 5 heteroatoms. The lowest BCUT2D eigenvalue weighted by Gasteiger charge is -2.23. The topological polar surface area (TPSA) is 67.8 Å². The highest BCUT2D eigenvalue weighted by atomic mass is 16.6. The third kappa shape index (κ3) is 2.72. The lowest BCUT2D eigenvalue weighted by Crippen LogP contribution is -2.35. The van der Waals surface area contributed by atoms with Crippen LogP contribution in [0.1, 0.15) is 37.3 Å². The maximum atomic E-state index is 11.5. The largest absolute Gasteiger partial charge is 0.486 e. The summed E-state index contributed by atoms with van der Waals surface area (Å²) in [4.78, 5) is 11.5. The fourth-order valence-electron chi connectivity index (χ4n) is 2.88. The summed E-state index contributed by atoms with van der Waals surface area (Å²) < 4.78 is 11.0. The Bertz CT molecular complexity index is 497. The van der Waals surface area contributed by atoms with E-state index in [1.54, 1.807) is 18.2 Å². The second kappa shape index (κ2) is 5.71. The Labute approximate surface area is 117 Å². The molecule has 5 nitrogen and oxygen atoms in total. The molecule has 3 rings (SSSR count). The highest BCUT2D eigenvalue weighted by molar-refractivity contribution is 5.76. The van der Waals surface area contributed by atoms with Crippen LogP contribution in [-0.4, -0.2) is 30.3 Å². The van der Waals surface area contributed by atoms with E-state index in [-0.39, 0.29) is 0 Å². The van der Waals surface area contributed by atoms with Crippen LogP contribution in [-0.2, 0) is 4.79 Å². The van der Waals surface area contributed by atoms with Crippen molar-refractivity contribution >= 4 is 5.97 Å². The Morgan fingerprint density at radius 3 is 2.60 bits per heavy atom. The number of hydrogen-bond donors (Lipinski definition) is 2. The number of nitrogens with one attached hydrogen (secondary N) is 1. The van der Waals surface area contributed by atoms with Crippen molar-refractivity contribution in [3.63, 3.8) is 0 Å². The molecule has 0 amide bonds. The molecular formula is C15H19NO4. The third-order valence-electron chi connectivity index (χ3n) is 3.90. The van der Waals surface area contributed by atoms with E-state index in [4.69, 9.17) is 9.47 Å². The predicted octanol–water partition coefficient (Wildman–Crippen LogP) is 2.12. The Morgan fingerprint density at radius 1 is 1.20 bits per heavy atom. The standard InChI is InChI=1S/C15H19NO4/c17-15(18)14(16-11-3-1-2-4-11)10-5-6-12-13(9-10)20-8-7-19-12/h5-6,9,11,14,16H,1-4,7-8H2,(H,17,18). The van der Waals surface area contributed by atoms with E-state index in [0.29, 0.717) is 36.3 Å². The number of aliphatic carboxylic acids is 1. The molecule has 1 unspecified atom stereocenters. The molecule has 1 aromatic carbocycles. The first-order chi connectivity index (χ1) is 9.74. The molecule has 2 N–H and O–H groups in total. The van der Waals surface area contributed by atoms with Crippen LogP contribution in [0.5, 0.6) is 11.5 Å². The average Bonchev–Trinajstić information content (AvgIpc) is 2.97. The number of ether oxygens (including phenoxy) is 2. The summed E-state index contributed by atoms with van der Waals surface area (Å²) >= 11 is 0. The lowest BCUT2D eigenvalue weighted by atomic mass is 10.0. The summed E-state index contributed by atoms with van der Waals surface area (Å²) in [6, 6.07) is 4.97. The van der Waals surface area contributed by atoms with E-state index >= 15 is 0 Å². The van der Waals surface area contributed by atoms with E-state index in [2.05, 4.69) is 5.32 Å². The Hall–Kier alpha value is -1.75. The van der Waals surface area contributed by atoms with Crippen molar-refractivity contribution in [2.45, 2.75) is 37.8 Å². The van der Waals surface area contributed by atoms with Crippen molar-refractivity contribution in [2.24, 2.45) is 0 Å². The van der Waals surface area contributed by atoms with Gasteiger partial charge in [0.1, 0.15) is 19.3 Å². The highest BCUT2D eigenvalue weighted by Gasteiger charge is 2.26. The molecule has 1 aliphatic heterocycles. The van der Waals surface area contributed by atoms with Gasteiger partial charge in [0.05, 0.1) is 0 Å². The van der Waals surface area contributed by atoms with Crippen molar-refractivity contribution in [3.8, 4) is 11.5 Å². The number of carboxylic acids is 1. The van der Waals surface area contributed by atoms with Crippen LogP contribution in [0.25, 0.3) is 0 Å². The van der Waals surface area contributed by atoms with Crippen LogP contribution in [0.15, 0.2) is 18.2 Å². The lowest BCUT2D eigenvalue weighted by molar-refractivity contribution is -0.139. The molecular weight excluding hydrogens is 258 g/mol. The number of rotatable bonds is 4. The van der Waals surface area contributed by atoms with Gasteiger partial charge in [-0.25, -0.2) is 0 Å². The summed E-state index contributed by atoms with van der Waals surface area (Å²) in [5.41, 5.74) is 0.716. The SMILES string of the molecule is O=C(O)C(NC1CCCC1)c1ccc2c(c1)OCCO2. The van der Waals surface area contributed by atoms with Crippen molar-refractivity contribution in [2.75, 3.05) is 13.2 Å². The molecule has 1 aliphatic carbocycles. The van der Waals surface area contributed by atoms with Gasteiger partial charge in [-0.15, -0.1) is 0 Å². The molecule has 1 fully saturated rings. The molecule has 0 saturated heterocycles. The van der Waals surface area contributed by atoms with Crippen LogP contribution in [0.2, 0.25) is 0 Å². The number of benzene rings is 1. The van der Waals surface area contributed by atoms with Gasteiger partial charge in [0, 0.05) is 6.04 Å². The number of carbonyl (C=O) groups is 1. The van der Waals surface area contributed by atoms with Crippen LogP contribution in [0.3, 0.4) is 0 Å². The molecule has 0 bridgehead atoms. The van der Waals surface area contributed by atoms with E-state index in [0.717, 1.165) is 12.8 Å². The summed E-state index contributed by atoms with van der Waals surface area (Å²) in [5, 5.41) is 12.7. The molecule has 1 aromatic rings. The van der Waals surface area contributed by atoms with E-state index in [1.807, 2.05) is 0 Å². The summed E-state index contributed by atoms with van der Waals surface area (Å²) in [6.45, 7) is 1.04. The normalized spacial score (nSPS) is 19.8. The third-order valence-corrected chi connectivity index (χ3v) is 3.90. The second-order valence-electron chi connectivity index (χ2n) is 5.32. The zero-order chi connectivity index (χ0) is 13.9. The summed E-state index contributed by atoms with van der Waals surface area (Å²) in [5.74, 6) is 0.465. The average molecular weight is 277 g/mol. The molecule has 1 heterocycles. The van der Waals surface area contributed by atoms with Gasteiger partial charge >= 0.3 is 5.97 Å². The maximum absolute atomic E-state index is 11.5. The molecule has 20 heavy (non-hydrogen) atoms. The van der Waals surface area contributed by atoms with Gasteiger partial charge in [0.15, 0.2) is 11.5 Å². The fourth-order valence-corrected chi connectivity index (χ4v) is 2.88. The zero-order valence-corrected chi connectivity index (χ0v) is 11.3. The first-order valence-electron chi connectivity index (χ1n) is 7.12. The predicted molar refractivity (Wildman–Crippen MR) is 73.2 cm³/mol. The molecule has 0 radical (unpaired) electrons. The van der Waals surface area contributed by atoms with Crippen LogP contribution in [0.4, 0.5) is 0 Å². The maximum Gasteiger partial charge on any atom is 0.325 e. The smallest absolute Gasteiger partial charge is 0.325 e. The van der Waals surface area contributed by atoms with Crippen LogP contribution in [0, 0.1) is 0 Å². The van der Waals surface area contributed by atoms with Gasteiger partial charge in [0.2, 0.25) is 0 Å². The monoisotopic (exact) mass is 277 g/mol. The summed E-state index contributed by atoms with van der Waals surface area (Å²) in [7, 11) is 0. The van der Waals surface area contributed by atoms with Crippen molar-refractivity contribution in [1.29, 1.82) is 0 Å². The van der Waals surface area contributed by atoms with Crippen molar-refractivity contribution in [1.82, 2.24) is 5.32 Å². The zero-order valence-electron chi connectivity index (χ0n) is 11.3.